The van der Waals surface area contributed by atoms with Crippen LogP contribution in [0.15, 0.2) is 78.9 Å². The number of hydrogen-bond donors (Lipinski definition) is 1. The lowest BCUT2D eigenvalue weighted by molar-refractivity contribution is 0.315. The summed E-state index contributed by atoms with van der Waals surface area (Å²) in [5.41, 5.74) is 3.31. The molecule has 0 aliphatic heterocycles. The van der Waals surface area contributed by atoms with Gasteiger partial charge in [0.05, 0.1) is 12.3 Å². The quantitative estimate of drug-likeness (QED) is 0.353. The number of rotatable bonds is 11. The van der Waals surface area contributed by atoms with Crippen molar-refractivity contribution in [1.29, 1.82) is 0 Å². The smallest absolute Gasteiger partial charge is 0.346 e. The first-order chi connectivity index (χ1) is 16.2. The Labute approximate surface area is 194 Å². The highest BCUT2D eigenvalue weighted by Gasteiger charge is 2.15. The van der Waals surface area contributed by atoms with Gasteiger partial charge in [0.1, 0.15) is 0 Å². The van der Waals surface area contributed by atoms with Crippen molar-refractivity contribution in [1.82, 2.24) is 25.5 Å². The first kappa shape index (κ1) is 22.5. The molecule has 0 saturated heterocycles. The van der Waals surface area contributed by atoms with E-state index in [1.54, 1.807) is 4.68 Å². The summed E-state index contributed by atoms with van der Waals surface area (Å²) in [7, 11) is 0. The van der Waals surface area contributed by atoms with Crippen LogP contribution in [0.4, 0.5) is 0 Å². The fraction of sp³-hybridized carbons (Fsp3) is 0.269. The number of hydrogen-bond acceptors (Lipinski definition) is 6. The van der Waals surface area contributed by atoms with Crippen molar-refractivity contribution < 1.29 is 9.47 Å². The molecule has 1 N–H and O–H groups in total. The van der Waals surface area contributed by atoms with Crippen molar-refractivity contribution in [3.05, 3.63) is 90.0 Å². The second-order valence-electron chi connectivity index (χ2n) is 7.83. The van der Waals surface area contributed by atoms with Crippen LogP contribution in [0.1, 0.15) is 31.4 Å². The molecule has 3 aromatic carbocycles. The van der Waals surface area contributed by atoms with Crippen molar-refractivity contribution in [2.45, 2.75) is 39.3 Å². The van der Waals surface area contributed by atoms with Crippen molar-refractivity contribution >= 4 is 0 Å². The highest BCUT2D eigenvalue weighted by atomic mass is 16.5. The maximum Gasteiger partial charge on any atom is 0.346 e. The third-order valence-corrected chi connectivity index (χ3v) is 5.31. The Hall–Kier alpha value is -3.71. The number of tetrazole rings is 1. The monoisotopic (exact) mass is 443 g/mol. The summed E-state index contributed by atoms with van der Waals surface area (Å²) in [4.78, 5) is 0. The molecule has 7 heteroatoms. The largest absolute Gasteiger partial charge is 0.490 e. The predicted octanol–water partition coefficient (Wildman–Crippen LogP) is 4.96. The van der Waals surface area contributed by atoms with Gasteiger partial charge in [-0.05, 0) is 72.5 Å². The number of aryl methyl sites for hydroxylation is 1. The van der Waals surface area contributed by atoms with E-state index in [0.717, 1.165) is 30.6 Å². The summed E-state index contributed by atoms with van der Waals surface area (Å²) in [6, 6.07) is 26.8. The Balaban J connectivity index is 1.40. The van der Waals surface area contributed by atoms with E-state index in [-0.39, 0.29) is 6.01 Å². The number of benzene rings is 3. The highest BCUT2D eigenvalue weighted by Crippen LogP contribution is 2.32. The molecule has 1 aromatic heterocycles. The summed E-state index contributed by atoms with van der Waals surface area (Å²) in [5.74, 6) is 1.24. The average molecular weight is 444 g/mol. The lowest BCUT2D eigenvalue weighted by Gasteiger charge is -2.16. The zero-order valence-electron chi connectivity index (χ0n) is 19.0. The van der Waals surface area contributed by atoms with Crippen LogP contribution in [0, 0.1) is 0 Å². The number of aromatic nitrogens is 4. The van der Waals surface area contributed by atoms with E-state index in [1.807, 2.05) is 55.5 Å². The molecule has 4 aromatic rings. The van der Waals surface area contributed by atoms with Crippen LogP contribution in [0.3, 0.4) is 0 Å². The van der Waals surface area contributed by atoms with E-state index in [0.29, 0.717) is 24.1 Å². The van der Waals surface area contributed by atoms with Crippen LogP contribution >= 0.6 is 0 Å². The van der Waals surface area contributed by atoms with Gasteiger partial charge in [0.2, 0.25) is 0 Å². The first-order valence-electron chi connectivity index (χ1n) is 11.3. The molecule has 0 saturated carbocycles. The summed E-state index contributed by atoms with van der Waals surface area (Å²) >= 11 is 0. The predicted molar refractivity (Wildman–Crippen MR) is 128 cm³/mol. The third-order valence-electron chi connectivity index (χ3n) is 5.31. The second kappa shape index (κ2) is 11.2. The molecule has 0 spiro atoms. The number of ether oxygens (including phenoxy) is 2. The summed E-state index contributed by atoms with van der Waals surface area (Å²) in [6.45, 7) is 5.45. The molecule has 0 aliphatic rings. The molecule has 0 radical (unpaired) electrons. The minimum atomic E-state index is 0.280. The lowest BCUT2D eigenvalue weighted by atomic mass is 10.1. The first-order valence-corrected chi connectivity index (χ1v) is 11.3. The summed E-state index contributed by atoms with van der Waals surface area (Å²) in [5, 5.41) is 15.4. The minimum Gasteiger partial charge on any atom is -0.490 e. The molecule has 1 atom stereocenters. The number of nitrogens with zero attached hydrogens (tertiary/aromatic N) is 4. The second-order valence-corrected chi connectivity index (χ2v) is 7.83. The van der Waals surface area contributed by atoms with Gasteiger partial charge in [0, 0.05) is 12.6 Å². The van der Waals surface area contributed by atoms with E-state index >= 15 is 0 Å². The highest BCUT2D eigenvalue weighted by molar-refractivity contribution is 5.45. The van der Waals surface area contributed by atoms with Gasteiger partial charge in [-0.25, -0.2) is 0 Å². The molecule has 33 heavy (non-hydrogen) atoms. The fourth-order valence-corrected chi connectivity index (χ4v) is 3.51. The van der Waals surface area contributed by atoms with Gasteiger partial charge in [-0.1, -0.05) is 59.7 Å². The van der Waals surface area contributed by atoms with Gasteiger partial charge in [0.15, 0.2) is 11.5 Å². The molecule has 4 rings (SSSR count). The number of nitrogens with one attached hydrogen (secondary N) is 1. The maximum absolute atomic E-state index is 6.04. The van der Waals surface area contributed by atoms with Gasteiger partial charge in [0.25, 0.3) is 0 Å². The van der Waals surface area contributed by atoms with E-state index in [2.05, 4.69) is 58.1 Å². The minimum absolute atomic E-state index is 0.280. The Morgan fingerprint density at radius 1 is 0.909 bits per heavy atom. The van der Waals surface area contributed by atoms with Crippen LogP contribution in [0.25, 0.3) is 5.69 Å². The van der Waals surface area contributed by atoms with E-state index in [1.165, 1.54) is 5.56 Å². The maximum atomic E-state index is 6.04. The Bertz CT molecular complexity index is 1130. The van der Waals surface area contributed by atoms with Crippen LogP contribution in [0.5, 0.6) is 17.5 Å². The standard InChI is InChI=1S/C26H29N5O2/c1-3-32-25-18-22(19-27-20(2)14-15-21-10-6-4-7-11-21)16-17-24(25)33-26-28-29-30-31(26)23-12-8-5-9-13-23/h4-13,16-18,20,27H,3,14-15,19H2,1-2H3/t20-/m1/s1. The summed E-state index contributed by atoms with van der Waals surface area (Å²) < 4.78 is 13.4. The number of para-hydroxylation sites is 1. The normalized spacial score (nSPS) is 11.8. The van der Waals surface area contributed by atoms with Crippen molar-refractivity contribution in [3.63, 3.8) is 0 Å². The molecular formula is C26H29N5O2. The van der Waals surface area contributed by atoms with Crippen LogP contribution in [-0.2, 0) is 13.0 Å². The van der Waals surface area contributed by atoms with Crippen LogP contribution < -0.4 is 14.8 Å². The van der Waals surface area contributed by atoms with Gasteiger partial charge in [-0.2, -0.15) is 4.68 Å². The molecular weight excluding hydrogens is 414 g/mol. The van der Waals surface area contributed by atoms with Crippen molar-refractivity contribution in [2.75, 3.05) is 6.61 Å². The Morgan fingerprint density at radius 2 is 1.67 bits per heavy atom. The molecule has 0 aliphatic carbocycles. The fourth-order valence-electron chi connectivity index (χ4n) is 3.51. The lowest BCUT2D eigenvalue weighted by Crippen LogP contribution is -2.26. The molecule has 0 amide bonds. The third kappa shape index (κ3) is 6.17. The zero-order chi connectivity index (χ0) is 22.9. The van der Waals surface area contributed by atoms with Crippen molar-refractivity contribution in [3.8, 4) is 23.2 Å². The van der Waals surface area contributed by atoms with Crippen LogP contribution in [0.2, 0.25) is 0 Å². The average Bonchev–Trinajstić information content (AvgIpc) is 3.32. The van der Waals surface area contributed by atoms with Crippen molar-refractivity contribution in [2.24, 2.45) is 0 Å². The van der Waals surface area contributed by atoms with Gasteiger partial charge in [-0.3, -0.25) is 0 Å². The Kier molecular flexibility index (Phi) is 7.66. The topological polar surface area (TPSA) is 74.1 Å². The Morgan fingerprint density at radius 3 is 2.42 bits per heavy atom. The van der Waals surface area contributed by atoms with Gasteiger partial charge < -0.3 is 14.8 Å². The van der Waals surface area contributed by atoms with E-state index < -0.39 is 0 Å². The van der Waals surface area contributed by atoms with E-state index in [9.17, 15) is 0 Å². The van der Waals surface area contributed by atoms with E-state index in [4.69, 9.17) is 9.47 Å². The SMILES string of the molecule is CCOc1cc(CN[C@H](C)CCc2ccccc2)ccc1Oc1nnnn1-c1ccccc1. The van der Waals surface area contributed by atoms with Crippen LogP contribution in [-0.4, -0.2) is 32.9 Å². The van der Waals surface area contributed by atoms with Gasteiger partial charge in [-0.15, -0.1) is 0 Å². The summed E-state index contributed by atoms with van der Waals surface area (Å²) in [6.07, 6.45) is 2.13. The molecule has 0 unspecified atom stereocenters. The van der Waals surface area contributed by atoms with Gasteiger partial charge >= 0.3 is 6.01 Å². The molecule has 7 nitrogen and oxygen atoms in total. The molecule has 0 bridgehead atoms. The molecule has 170 valence electrons. The molecule has 1 heterocycles. The zero-order valence-corrected chi connectivity index (χ0v) is 19.0. The molecule has 0 fully saturated rings.